The molecule has 0 aliphatic carbocycles. The van der Waals surface area contributed by atoms with Crippen molar-refractivity contribution in [3.63, 3.8) is 0 Å². The number of carbonyl (C=O) groups excluding carboxylic acids is 2. The number of thioether (sulfide) groups is 1. The highest BCUT2D eigenvalue weighted by Gasteiger charge is 2.36. The molecule has 7 heteroatoms. The van der Waals surface area contributed by atoms with Crippen molar-refractivity contribution >= 4 is 68.8 Å². The normalized spacial score (nSPS) is 15.1. The van der Waals surface area contributed by atoms with Crippen LogP contribution in [0.4, 0.5) is 10.5 Å². The van der Waals surface area contributed by atoms with Crippen LogP contribution < -0.4 is 4.90 Å². The van der Waals surface area contributed by atoms with Crippen molar-refractivity contribution in [2.24, 2.45) is 0 Å². The third kappa shape index (κ3) is 4.16. The molecule has 170 valence electrons. The van der Waals surface area contributed by atoms with E-state index in [1.165, 1.54) is 10.5 Å². The van der Waals surface area contributed by atoms with Gasteiger partial charge in [0.05, 0.1) is 26.2 Å². The fraction of sp³-hybridized carbons (Fsp3) is 0.111. The van der Waals surface area contributed by atoms with Gasteiger partial charge in [-0.1, -0.05) is 72.6 Å². The SMILES string of the molecule is CCc1cccc2c(/C=C3\SC(=O)N(c4ccccc4)C3=O)cn(Cc3ccc(Cl)c(Cl)c3)c12. The number of benzene rings is 3. The Kier molecular flexibility index (Phi) is 6.26. The zero-order chi connectivity index (χ0) is 23.8. The number of aromatic nitrogens is 1. The van der Waals surface area contributed by atoms with E-state index in [1.807, 2.05) is 54.7 Å². The summed E-state index contributed by atoms with van der Waals surface area (Å²) >= 11 is 13.3. The fourth-order valence-corrected chi connectivity index (χ4v) is 5.39. The first-order valence-electron chi connectivity index (χ1n) is 10.8. The number of hydrogen-bond donors (Lipinski definition) is 0. The summed E-state index contributed by atoms with van der Waals surface area (Å²) in [6.45, 7) is 2.72. The molecule has 0 saturated carbocycles. The minimum Gasteiger partial charge on any atom is -0.342 e. The number of halogens is 2. The minimum atomic E-state index is -0.307. The number of hydrogen-bond acceptors (Lipinski definition) is 3. The van der Waals surface area contributed by atoms with Crippen molar-refractivity contribution in [2.45, 2.75) is 19.9 Å². The smallest absolute Gasteiger partial charge is 0.298 e. The van der Waals surface area contributed by atoms with Gasteiger partial charge < -0.3 is 4.57 Å². The van der Waals surface area contributed by atoms with Gasteiger partial charge in [-0.25, -0.2) is 4.90 Å². The summed E-state index contributed by atoms with van der Waals surface area (Å²) in [5.74, 6) is -0.307. The minimum absolute atomic E-state index is 0.295. The van der Waals surface area contributed by atoms with Crippen LogP contribution in [0.25, 0.3) is 17.0 Å². The van der Waals surface area contributed by atoms with Crippen LogP contribution in [0, 0.1) is 0 Å². The van der Waals surface area contributed by atoms with Crippen LogP contribution in [0.2, 0.25) is 10.0 Å². The lowest BCUT2D eigenvalue weighted by atomic mass is 10.1. The molecule has 0 atom stereocenters. The molecule has 4 nitrogen and oxygen atoms in total. The first-order chi connectivity index (χ1) is 16.5. The van der Waals surface area contributed by atoms with Crippen LogP contribution in [0.3, 0.4) is 0 Å². The highest BCUT2D eigenvalue weighted by molar-refractivity contribution is 8.19. The molecule has 0 radical (unpaired) electrons. The number of para-hydroxylation sites is 2. The van der Waals surface area contributed by atoms with Crippen molar-refractivity contribution in [2.75, 3.05) is 4.90 Å². The van der Waals surface area contributed by atoms with Crippen LogP contribution in [0.5, 0.6) is 0 Å². The molecule has 1 fully saturated rings. The monoisotopic (exact) mass is 506 g/mol. The second-order valence-electron chi connectivity index (χ2n) is 7.98. The molecule has 0 spiro atoms. The fourth-order valence-electron chi connectivity index (χ4n) is 4.23. The standard InChI is InChI=1S/C27H20Cl2N2O2S/c1-2-18-7-6-10-21-19(16-30(25(18)21)15-17-11-12-22(28)23(29)13-17)14-24-26(32)31(27(33)34-24)20-8-4-3-5-9-20/h3-14,16H,2,15H2,1H3/b24-14-. The van der Waals surface area contributed by atoms with Crippen LogP contribution in [0.1, 0.15) is 23.6 Å². The number of carbonyl (C=O) groups is 2. The number of nitrogens with zero attached hydrogens (tertiary/aromatic N) is 2. The van der Waals surface area contributed by atoms with Gasteiger partial charge in [-0.15, -0.1) is 0 Å². The van der Waals surface area contributed by atoms with Gasteiger partial charge in [-0.3, -0.25) is 9.59 Å². The third-order valence-electron chi connectivity index (χ3n) is 5.83. The summed E-state index contributed by atoms with van der Waals surface area (Å²) < 4.78 is 2.17. The van der Waals surface area contributed by atoms with Gasteiger partial charge in [0, 0.05) is 23.7 Å². The van der Waals surface area contributed by atoms with Crippen molar-refractivity contribution in [1.82, 2.24) is 4.57 Å². The molecule has 1 aliphatic rings. The van der Waals surface area contributed by atoms with E-state index >= 15 is 0 Å². The summed E-state index contributed by atoms with van der Waals surface area (Å²) in [5, 5.41) is 1.77. The Morgan fingerprint density at radius 1 is 0.941 bits per heavy atom. The topological polar surface area (TPSA) is 42.3 Å². The molecule has 1 aromatic heterocycles. The quantitative estimate of drug-likeness (QED) is 0.259. The molecular formula is C27H20Cl2N2O2S. The van der Waals surface area contributed by atoms with Crippen molar-refractivity contribution in [3.05, 3.63) is 105 Å². The molecule has 5 rings (SSSR count). The van der Waals surface area contributed by atoms with E-state index in [0.717, 1.165) is 40.2 Å². The highest BCUT2D eigenvalue weighted by atomic mass is 35.5. The summed E-state index contributed by atoms with van der Waals surface area (Å²) in [6, 6.07) is 20.8. The maximum atomic E-state index is 13.1. The predicted octanol–water partition coefficient (Wildman–Crippen LogP) is 7.80. The summed E-state index contributed by atoms with van der Waals surface area (Å²) in [6.07, 6.45) is 4.72. The lowest BCUT2D eigenvalue weighted by Crippen LogP contribution is -2.27. The number of rotatable bonds is 5. The maximum absolute atomic E-state index is 13.1. The zero-order valence-corrected chi connectivity index (χ0v) is 20.6. The van der Waals surface area contributed by atoms with E-state index in [0.29, 0.717) is 27.2 Å². The Hall–Kier alpha value is -2.99. The molecule has 4 aromatic rings. The van der Waals surface area contributed by atoms with E-state index in [4.69, 9.17) is 23.2 Å². The highest BCUT2D eigenvalue weighted by Crippen LogP contribution is 2.37. The zero-order valence-electron chi connectivity index (χ0n) is 18.3. The Morgan fingerprint density at radius 2 is 1.74 bits per heavy atom. The average molecular weight is 507 g/mol. The Morgan fingerprint density at radius 3 is 2.47 bits per heavy atom. The molecule has 1 aliphatic heterocycles. The first-order valence-corrected chi connectivity index (χ1v) is 12.4. The molecule has 0 bridgehead atoms. The second kappa shape index (κ2) is 9.34. The second-order valence-corrected chi connectivity index (χ2v) is 9.79. The van der Waals surface area contributed by atoms with Crippen LogP contribution in [-0.2, 0) is 17.8 Å². The van der Waals surface area contributed by atoms with E-state index in [1.54, 1.807) is 18.2 Å². The molecule has 2 amide bonds. The molecule has 3 aromatic carbocycles. The summed E-state index contributed by atoms with van der Waals surface area (Å²) in [5.41, 5.74) is 4.79. The largest absolute Gasteiger partial charge is 0.342 e. The number of imide groups is 1. The number of fused-ring (bicyclic) bond motifs is 1. The Labute approximate surface area is 211 Å². The van der Waals surface area contributed by atoms with Gasteiger partial charge in [-0.2, -0.15) is 0 Å². The molecule has 1 saturated heterocycles. The van der Waals surface area contributed by atoms with Gasteiger partial charge >= 0.3 is 0 Å². The Balaban J connectivity index is 1.58. The van der Waals surface area contributed by atoms with Crippen molar-refractivity contribution in [1.29, 1.82) is 0 Å². The van der Waals surface area contributed by atoms with Crippen molar-refractivity contribution < 1.29 is 9.59 Å². The number of anilines is 1. The van der Waals surface area contributed by atoms with E-state index in [-0.39, 0.29) is 11.1 Å². The lowest BCUT2D eigenvalue weighted by Gasteiger charge is -2.11. The van der Waals surface area contributed by atoms with E-state index < -0.39 is 0 Å². The van der Waals surface area contributed by atoms with Crippen molar-refractivity contribution in [3.8, 4) is 0 Å². The maximum Gasteiger partial charge on any atom is 0.298 e. The van der Waals surface area contributed by atoms with E-state index in [2.05, 4.69) is 17.6 Å². The van der Waals surface area contributed by atoms with Gasteiger partial charge in [0.15, 0.2) is 0 Å². The van der Waals surface area contributed by atoms with Gasteiger partial charge in [0.1, 0.15) is 0 Å². The molecular weight excluding hydrogens is 487 g/mol. The van der Waals surface area contributed by atoms with Crippen LogP contribution in [0.15, 0.2) is 77.8 Å². The molecule has 0 N–H and O–H groups in total. The number of amides is 2. The number of aryl methyl sites for hydroxylation is 1. The molecule has 2 heterocycles. The van der Waals surface area contributed by atoms with Crippen LogP contribution in [-0.4, -0.2) is 15.7 Å². The third-order valence-corrected chi connectivity index (χ3v) is 7.43. The summed E-state index contributed by atoms with van der Waals surface area (Å²) in [7, 11) is 0. The lowest BCUT2D eigenvalue weighted by molar-refractivity contribution is -0.113. The van der Waals surface area contributed by atoms with Gasteiger partial charge in [0.2, 0.25) is 0 Å². The average Bonchev–Trinajstić information content (AvgIpc) is 3.33. The first kappa shape index (κ1) is 22.8. The molecule has 34 heavy (non-hydrogen) atoms. The van der Waals surface area contributed by atoms with Crippen LogP contribution >= 0.6 is 35.0 Å². The van der Waals surface area contributed by atoms with E-state index in [9.17, 15) is 9.59 Å². The predicted molar refractivity (Wildman–Crippen MR) is 142 cm³/mol. The van der Waals surface area contributed by atoms with Gasteiger partial charge in [0.25, 0.3) is 11.1 Å². The van der Waals surface area contributed by atoms with Gasteiger partial charge in [-0.05, 0) is 59.7 Å². The molecule has 0 unspecified atom stereocenters. The summed E-state index contributed by atoms with van der Waals surface area (Å²) in [4.78, 5) is 27.4. The Bertz CT molecular complexity index is 1460.